The highest BCUT2D eigenvalue weighted by Gasteiger charge is 2.19. The molecule has 0 saturated carbocycles. The molecule has 69 heavy (non-hydrogen) atoms. The molecule has 0 aromatic carbocycles. The van der Waals surface area contributed by atoms with Crippen molar-refractivity contribution in [3.8, 4) is 0 Å². The fourth-order valence-electron chi connectivity index (χ4n) is 6.57. The SMILES string of the molecule is CC/C=C\C/C=C\C/C=C\C/C=C\CCCCCC(=O)OCC(COC(=O)CCCCCCC\C=C/C=C\C=C/C=C\C=C/CCC)OC(=O)CCC/C=C\C/C=C\C/C=C\C/C=C\CCCCC. The van der Waals surface area contributed by atoms with E-state index in [9.17, 15) is 14.4 Å². The van der Waals surface area contributed by atoms with E-state index in [1.807, 2.05) is 36.5 Å². The molecule has 0 radical (unpaired) electrons. The Balaban J connectivity index is 4.63. The van der Waals surface area contributed by atoms with Gasteiger partial charge in [0.1, 0.15) is 13.2 Å². The number of carbonyl (C=O) groups is 3. The predicted molar refractivity (Wildman–Crippen MR) is 297 cm³/mol. The minimum Gasteiger partial charge on any atom is -0.462 e. The van der Waals surface area contributed by atoms with Crippen LogP contribution in [0.3, 0.4) is 0 Å². The summed E-state index contributed by atoms with van der Waals surface area (Å²) in [5.41, 5.74) is 0. The molecule has 0 aliphatic heterocycles. The third-order valence-electron chi connectivity index (χ3n) is 10.6. The molecule has 0 spiro atoms. The Hall–Kier alpha value is -4.97. The van der Waals surface area contributed by atoms with Crippen molar-refractivity contribution in [3.05, 3.63) is 158 Å². The summed E-state index contributed by atoms with van der Waals surface area (Å²) >= 11 is 0. The van der Waals surface area contributed by atoms with Gasteiger partial charge in [0, 0.05) is 19.3 Å². The second kappa shape index (κ2) is 55.6. The number of esters is 3. The van der Waals surface area contributed by atoms with E-state index in [1.54, 1.807) is 0 Å². The van der Waals surface area contributed by atoms with Gasteiger partial charge in [0.05, 0.1) is 0 Å². The first-order chi connectivity index (χ1) is 34.0. The summed E-state index contributed by atoms with van der Waals surface area (Å²) in [5.74, 6) is -1.05. The number of carbonyl (C=O) groups excluding carboxylic acids is 3. The zero-order valence-electron chi connectivity index (χ0n) is 43.8. The van der Waals surface area contributed by atoms with Crippen LogP contribution in [0.5, 0.6) is 0 Å². The summed E-state index contributed by atoms with van der Waals surface area (Å²) in [5, 5.41) is 0. The van der Waals surface area contributed by atoms with E-state index >= 15 is 0 Å². The Morgan fingerprint density at radius 2 is 0.667 bits per heavy atom. The summed E-state index contributed by atoms with van der Waals surface area (Å²) in [6, 6.07) is 0. The van der Waals surface area contributed by atoms with Crippen LogP contribution in [0.1, 0.15) is 201 Å². The zero-order valence-corrected chi connectivity index (χ0v) is 43.8. The Morgan fingerprint density at radius 1 is 0.319 bits per heavy atom. The van der Waals surface area contributed by atoms with Gasteiger partial charge in [0.2, 0.25) is 0 Å². The lowest BCUT2D eigenvalue weighted by atomic mass is 10.1. The molecule has 6 nitrogen and oxygen atoms in total. The van der Waals surface area contributed by atoms with Gasteiger partial charge in [-0.05, 0) is 116 Å². The molecule has 0 aromatic rings. The summed E-state index contributed by atoms with van der Waals surface area (Å²) in [7, 11) is 0. The smallest absolute Gasteiger partial charge is 0.306 e. The molecule has 0 heterocycles. The zero-order chi connectivity index (χ0) is 50.0. The van der Waals surface area contributed by atoms with Crippen molar-refractivity contribution >= 4 is 17.9 Å². The standard InChI is InChI=1S/C63H96O6/c1-4-7-10-13-16-19-22-25-28-31-33-35-38-41-44-47-50-53-56-62(65)68-59-60(58-67-61(64)55-52-49-46-43-40-37-34-30-27-24-21-18-15-12-9-6-3)69-63(66)57-54-51-48-45-42-39-36-32-29-26-23-20-17-14-11-8-5-2/h9-10,12-13,16-22,25-31,33,35-37,39-40,45,48,60H,4-8,11,14-15,23-24,32,34,38,41-44,46-47,49-59H2,1-3H3/b12-9-,13-10-,19-16-,20-17-,21-18-,25-22-,29-26-,30-27-,31-28-,35-33-,39-36-,40-37-,48-45-. The molecule has 0 fully saturated rings. The van der Waals surface area contributed by atoms with Crippen LogP contribution in [0.25, 0.3) is 0 Å². The van der Waals surface area contributed by atoms with E-state index in [0.717, 1.165) is 122 Å². The average molecular weight is 949 g/mol. The minimum atomic E-state index is -0.839. The van der Waals surface area contributed by atoms with Crippen molar-refractivity contribution < 1.29 is 28.6 Å². The number of rotatable bonds is 46. The van der Waals surface area contributed by atoms with Crippen LogP contribution in [0, 0.1) is 0 Å². The number of hydrogen-bond donors (Lipinski definition) is 0. The van der Waals surface area contributed by atoms with E-state index in [4.69, 9.17) is 14.2 Å². The van der Waals surface area contributed by atoms with E-state index in [0.29, 0.717) is 19.3 Å². The largest absolute Gasteiger partial charge is 0.462 e. The van der Waals surface area contributed by atoms with Crippen molar-refractivity contribution in [2.24, 2.45) is 0 Å². The molecule has 0 bridgehead atoms. The molecule has 0 aliphatic carbocycles. The van der Waals surface area contributed by atoms with E-state index < -0.39 is 6.10 Å². The van der Waals surface area contributed by atoms with Gasteiger partial charge >= 0.3 is 17.9 Å². The molecule has 0 saturated heterocycles. The highest BCUT2D eigenvalue weighted by atomic mass is 16.6. The maximum Gasteiger partial charge on any atom is 0.306 e. The van der Waals surface area contributed by atoms with Gasteiger partial charge in [-0.15, -0.1) is 0 Å². The van der Waals surface area contributed by atoms with Crippen molar-refractivity contribution in [2.45, 2.75) is 207 Å². The van der Waals surface area contributed by atoms with Gasteiger partial charge in [0.15, 0.2) is 6.10 Å². The highest BCUT2D eigenvalue weighted by Crippen LogP contribution is 2.11. The second-order valence-electron chi connectivity index (χ2n) is 17.2. The third-order valence-corrected chi connectivity index (χ3v) is 10.6. The Kier molecular flexibility index (Phi) is 51.6. The van der Waals surface area contributed by atoms with Gasteiger partial charge in [-0.25, -0.2) is 0 Å². The lowest BCUT2D eigenvalue weighted by Gasteiger charge is -2.18. The third kappa shape index (κ3) is 53.8. The van der Waals surface area contributed by atoms with Gasteiger partial charge < -0.3 is 14.2 Å². The first-order valence-corrected chi connectivity index (χ1v) is 27.1. The summed E-state index contributed by atoms with van der Waals surface area (Å²) in [6.45, 7) is 6.29. The van der Waals surface area contributed by atoms with Crippen LogP contribution in [0.4, 0.5) is 0 Å². The predicted octanol–water partition coefficient (Wildman–Crippen LogP) is 18.2. The molecule has 384 valence electrons. The quantitative estimate of drug-likeness (QED) is 0.0199. The van der Waals surface area contributed by atoms with Crippen molar-refractivity contribution in [2.75, 3.05) is 13.2 Å². The average Bonchev–Trinajstić information content (AvgIpc) is 3.35. The van der Waals surface area contributed by atoms with Gasteiger partial charge in [0.25, 0.3) is 0 Å². The van der Waals surface area contributed by atoms with Crippen LogP contribution in [0.15, 0.2) is 158 Å². The molecule has 0 N–H and O–H groups in total. The van der Waals surface area contributed by atoms with Gasteiger partial charge in [-0.3, -0.25) is 14.4 Å². The number of unbranched alkanes of at least 4 members (excludes halogenated alkanes) is 13. The van der Waals surface area contributed by atoms with Gasteiger partial charge in [-0.2, -0.15) is 0 Å². The molecular weight excluding hydrogens is 853 g/mol. The van der Waals surface area contributed by atoms with Crippen molar-refractivity contribution in [1.29, 1.82) is 0 Å². The highest BCUT2D eigenvalue weighted by molar-refractivity contribution is 5.71. The molecule has 0 rings (SSSR count). The first kappa shape index (κ1) is 64.0. The second-order valence-corrected chi connectivity index (χ2v) is 17.2. The fraction of sp³-hybridized carbons (Fsp3) is 0.540. The van der Waals surface area contributed by atoms with E-state index in [2.05, 4.69) is 142 Å². The van der Waals surface area contributed by atoms with Crippen molar-refractivity contribution in [3.63, 3.8) is 0 Å². The van der Waals surface area contributed by atoms with Crippen LogP contribution < -0.4 is 0 Å². The number of ether oxygens (including phenoxy) is 3. The molecule has 1 unspecified atom stereocenters. The lowest BCUT2D eigenvalue weighted by molar-refractivity contribution is -0.167. The summed E-state index contributed by atoms with van der Waals surface area (Å²) in [6.07, 6.45) is 80.8. The first-order valence-electron chi connectivity index (χ1n) is 27.1. The number of allylic oxidation sites excluding steroid dienone is 26. The molecule has 1 atom stereocenters. The van der Waals surface area contributed by atoms with Gasteiger partial charge in [-0.1, -0.05) is 224 Å². The molecular formula is C63H96O6. The van der Waals surface area contributed by atoms with Crippen LogP contribution >= 0.6 is 0 Å². The maximum absolute atomic E-state index is 12.8. The Morgan fingerprint density at radius 3 is 1.13 bits per heavy atom. The van der Waals surface area contributed by atoms with Crippen LogP contribution in [0.2, 0.25) is 0 Å². The van der Waals surface area contributed by atoms with Crippen LogP contribution in [-0.2, 0) is 28.6 Å². The Labute approximate surface area is 422 Å². The molecule has 0 aliphatic rings. The minimum absolute atomic E-state index is 0.131. The summed E-state index contributed by atoms with van der Waals surface area (Å²) in [4.78, 5) is 38.1. The Bertz CT molecular complexity index is 1610. The fourth-order valence-corrected chi connectivity index (χ4v) is 6.57. The molecule has 6 heteroatoms. The maximum atomic E-state index is 12.8. The van der Waals surface area contributed by atoms with E-state index in [-0.39, 0.29) is 37.5 Å². The summed E-state index contributed by atoms with van der Waals surface area (Å²) < 4.78 is 16.7. The molecule has 0 amide bonds. The monoisotopic (exact) mass is 949 g/mol. The van der Waals surface area contributed by atoms with Crippen LogP contribution in [-0.4, -0.2) is 37.2 Å². The topological polar surface area (TPSA) is 78.9 Å². The lowest BCUT2D eigenvalue weighted by Crippen LogP contribution is -2.30. The van der Waals surface area contributed by atoms with E-state index in [1.165, 1.54) is 32.1 Å². The molecule has 0 aromatic heterocycles. The number of hydrogen-bond acceptors (Lipinski definition) is 6. The van der Waals surface area contributed by atoms with Crippen molar-refractivity contribution in [1.82, 2.24) is 0 Å². The normalized spacial score (nSPS) is 13.4.